The van der Waals surface area contributed by atoms with Crippen molar-refractivity contribution in [2.45, 2.75) is 25.9 Å². The van der Waals surface area contributed by atoms with E-state index in [0.29, 0.717) is 29.1 Å². The van der Waals surface area contributed by atoms with Crippen molar-refractivity contribution >= 4 is 17.4 Å². The van der Waals surface area contributed by atoms with Crippen LogP contribution in [0.3, 0.4) is 0 Å². The molecule has 0 spiro atoms. The molecule has 0 saturated heterocycles. The third-order valence-corrected chi connectivity index (χ3v) is 4.62. The highest BCUT2D eigenvalue weighted by molar-refractivity contribution is 6.10. The zero-order valence-corrected chi connectivity index (χ0v) is 15.2. The Bertz CT molecular complexity index is 828. The number of hydrogen-bond donors (Lipinski definition) is 1. The molecule has 0 fully saturated rings. The highest BCUT2D eigenvalue weighted by Crippen LogP contribution is 2.43. The van der Waals surface area contributed by atoms with Gasteiger partial charge in [-0.1, -0.05) is 32.0 Å². The normalized spacial score (nSPS) is 19.0. The molecule has 0 radical (unpaired) electrons. The Kier molecular flexibility index (Phi) is 4.83. The van der Waals surface area contributed by atoms with Crippen LogP contribution in [0.4, 0.5) is 5.69 Å². The van der Waals surface area contributed by atoms with E-state index in [2.05, 4.69) is 0 Å². The lowest BCUT2D eigenvalue weighted by Crippen LogP contribution is -2.43. The highest BCUT2D eigenvalue weighted by Gasteiger charge is 2.50. The van der Waals surface area contributed by atoms with Crippen molar-refractivity contribution in [2.75, 3.05) is 18.6 Å². The lowest BCUT2D eigenvalue weighted by Gasteiger charge is -2.23. The minimum absolute atomic E-state index is 0.242. The lowest BCUT2D eigenvalue weighted by atomic mass is 9.88. The van der Waals surface area contributed by atoms with Crippen LogP contribution in [-0.2, 0) is 10.4 Å². The summed E-state index contributed by atoms with van der Waals surface area (Å²) < 4.78 is 5.10. The van der Waals surface area contributed by atoms with Crippen LogP contribution in [-0.4, -0.2) is 30.5 Å². The number of carbonyl (C=O) groups is 2. The summed E-state index contributed by atoms with van der Waals surface area (Å²) in [4.78, 5) is 27.3. The van der Waals surface area contributed by atoms with Crippen molar-refractivity contribution in [3.63, 3.8) is 0 Å². The zero-order valence-electron chi connectivity index (χ0n) is 15.2. The Morgan fingerprint density at radius 2 is 1.81 bits per heavy atom. The second kappa shape index (κ2) is 6.92. The van der Waals surface area contributed by atoms with Crippen LogP contribution in [0, 0.1) is 5.92 Å². The van der Waals surface area contributed by atoms with Gasteiger partial charge in [0, 0.05) is 17.7 Å². The molecule has 1 N–H and O–H groups in total. The first kappa shape index (κ1) is 18.1. The molecule has 1 aliphatic heterocycles. The summed E-state index contributed by atoms with van der Waals surface area (Å²) in [5.74, 6) is 0.163. The molecule has 1 atom stereocenters. The maximum Gasteiger partial charge on any atom is 0.264 e. The predicted molar refractivity (Wildman–Crippen MR) is 99.5 cm³/mol. The van der Waals surface area contributed by atoms with Crippen LogP contribution in [0.15, 0.2) is 48.5 Å². The summed E-state index contributed by atoms with van der Waals surface area (Å²) in [7, 11) is 1.55. The highest BCUT2D eigenvalue weighted by atomic mass is 16.5. The molecule has 5 nitrogen and oxygen atoms in total. The minimum atomic E-state index is -1.83. The minimum Gasteiger partial charge on any atom is -0.497 e. The second-order valence-electron chi connectivity index (χ2n) is 7.02. The van der Waals surface area contributed by atoms with Crippen LogP contribution in [0.1, 0.15) is 36.2 Å². The van der Waals surface area contributed by atoms with Crippen molar-refractivity contribution in [3.05, 3.63) is 59.7 Å². The predicted octanol–water partition coefficient (Wildman–Crippen LogP) is 3.16. The molecule has 2 aromatic carbocycles. The van der Waals surface area contributed by atoms with E-state index in [9.17, 15) is 14.7 Å². The molecular weight excluding hydrogens is 330 g/mol. The fourth-order valence-corrected chi connectivity index (χ4v) is 3.34. The van der Waals surface area contributed by atoms with Crippen LogP contribution in [0.2, 0.25) is 0 Å². The lowest BCUT2D eigenvalue weighted by molar-refractivity contribution is -0.136. The first-order valence-corrected chi connectivity index (χ1v) is 8.68. The second-order valence-corrected chi connectivity index (χ2v) is 7.02. The number of anilines is 1. The van der Waals surface area contributed by atoms with Crippen molar-refractivity contribution < 1.29 is 19.4 Å². The summed E-state index contributed by atoms with van der Waals surface area (Å²) in [6.45, 7) is 4.51. The smallest absolute Gasteiger partial charge is 0.264 e. The van der Waals surface area contributed by atoms with Crippen molar-refractivity contribution in [3.8, 4) is 5.75 Å². The quantitative estimate of drug-likeness (QED) is 0.810. The van der Waals surface area contributed by atoms with E-state index < -0.39 is 11.5 Å². The number of rotatable bonds is 6. The first-order chi connectivity index (χ1) is 12.4. The summed E-state index contributed by atoms with van der Waals surface area (Å²) in [6, 6.07) is 13.8. The third kappa shape index (κ3) is 3.10. The van der Waals surface area contributed by atoms with Gasteiger partial charge >= 0.3 is 0 Å². The van der Waals surface area contributed by atoms with Crippen molar-refractivity contribution in [1.29, 1.82) is 0 Å². The van der Waals surface area contributed by atoms with Gasteiger partial charge in [0.05, 0.1) is 19.2 Å². The monoisotopic (exact) mass is 353 g/mol. The number of benzene rings is 2. The molecule has 0 aromatic heterocycles. The van der Waals surface area contributed by atoms with Gasteiger partial charge in [-0.05, 0) is 36.2 Å². The van der Waals surface area contributed by atoms with Gasteiger partial charge in [-0.15, -0.1) is 0 Å². The first-order valence-electron chi connectivity index (χ1n) is 8.68. The Morgan fingerprint density at radius 3 is 2.42 bits per heavy atom. The van der Waals surface area contributed by atoms with Gasteiger partial charge in [0.2, 0.25) is 0 Å². The molecule has 136 valence electrons. The van der Waals surface area contributed by atoms with Gasteiger partial charge in [0.15, 0.2) is 11.4 Å². The number of hydrogen-bond acceptors (Lipinski definition) is 4. The number of Topliss-reactive ketones (excluding diaryl/α,β-unsaturated/α-hetero) is 1. The van der Waals surface area contributed by atoms with Gasteiger partial charge in [-0.25, -0.2) is 0 Å². The molecule has 26 heavy (non-hydrogen) atoms. The van der Waals surface area contributed by atoms with E-state index in [0.717, 1.165) is 0 Å². The summed E-state index contributed by atoms with van der Waals surface area (Å²) >= 11 is 0. The maximum absolute atomic E-state index is 13.0. The summed E-state index contributed by atoms with van der Waals surface area (Å²) in [5, 5.41) is 11.2. The van der Waals surface area contributed by atoms with Crippen molar-refractivity contribution in [2.24, 2.45) is 5.92 Å². The van der Waals surface area contributed by atoms with Gasteiger partial charge in [-0.3, -0.25) is 9.59 Å². The Hall–Kier alpha value is -2.66. The average molecular weight is 353 g/mol. The summed E-state index contributed by atoms with van der Waals surface area (Å²) in [6.07, 6.45) is -0.288. The fraction of sp³-hybridized carbons (Fsp3) is 0.333. The number of methoxy groups -OCH3 is 1. The average Bonchev–Trinajstić information content (AvgIpc) is 2.84. The van der Waals surface area contributed by atoms with Gasteiger partial charge in [0.1, 0.15) is 5.75 Å². The third-order valence-electron chi connectivity index (χ3n) is 4.62. The Morgan fingerprint density at radius 1 is 1.15 bits per heavy atom. The molecule has 0 bridgehead atoms. The molecule has 1 amide bonds. The van der Waals surface area contributed by atoms with E-state index in [1.807, 2.05) is 26.0 Å². The number of carbonyl (C=O) groups excluding carboxylic acids is 2. The number of para-hydroxylation sites is 1. The van der Waals surface area contributed by atoms with E-state index >= 15 is 0 Å². The fourth-order valence-electron chi connectivity index (χ4n) is 3.34. The van der Waals surface area contributed by atoms with E-state index in [4.69, 9.17) is 4.74 Å². The summed E-state index contributed by atoms with van der Waals surface area (Å²) in [5.41, 5.74) is -0.224. The molecule has 3 rings (SSSR count). The van der Waals surface area contributed by atoms with E-state index in [1.54, 1.807) is 48.4 Å². The molecule has 2 aromatic rings. The standard InChI is InChI=1S/C21H23NO4/c1-14(2)13-22-18-7-5-4-6-17(18)21(25,20(22)24)12-19(23)15-8-10-16(26-3)11-9-15/h4-11,14,25H,12-13H2,1-3H3. The molecular formula is C21H23NO4. The van der Waals surface area contributed by atoms with Crippen LogP contribution in [0.5, 0.6) is 5.75 Å². The molecule has 1 heterocycles. The largest absolute Gasteiger partial charge is 0.497 e. The number of ether oxygens (including phenoxy) is 1. The Labute approximate surface area is 153 Å². The number of fused-ring (bicyclic) bond motifs is 1. The van der Waals surface area contributed by atoms with Gasteiger partial charge < -0.3 is 14.7 Å². The number of aliphatic hydroxyl groups is 1. The molecule has 1 aliphatic rings. The van der Waals surface area contributed by atoms with Crippen molar-refractivity contribution in [1.82, 2.24) is 0 Å². The van der Waals surface area contributed by atoms with E-state index in [1.165, 1.54) is 0 Å². The molecule has 0 aliphatic carbocycles. The number of nitrogens with zero attached hydrogens (tertiary/aromatic N) is 1. The number of amides is 1. The van der Waals surface area contributed by atoms with Gasteiger partial charge in [0.25, 0.3) is 5.91 Å². The maximum atomic E-state index is 13.0. The molecule has 1 unspecified atom stereocenters. The van der Waals surface area contributed by atoms with Crippen LogP contribution >= 0.6 is 0 Å². The SMILES string of the molecule is COc1ccc(C(=O)CC2(O)C(=O)N(CC(C)C)c3ccccc32)cc1. The topological polar surface area (TPSA) is 66.8 Å². The van der Waals surface area contributed by atoms with Gasteiger partial charge in [-0.2, -0.15) is 0 Å². The number of ketones is 1. The zero-order chi connectivity index (χ0) is 18.9. The Balaban J connectivity index is 1.92. The molecule has 5 heteroatoms. The van der Waals surface area contributed by atoms with Crippen LogP contribution < -0.4 is 9.64 Å². The molecule has 0 saturated carbocycles. The van der Waals surface area contributed by atoms with Crippen LogP contribution in [0.25, 0.3) is 0 Å². The van der Waals surface area contributed by atoms with E-state index in [-0.39, 0.29) is 18.1 Å².